The van der Waals surface area contributed by atoms with Crippen molar-refractivity contribution in [1.82, 2.24) is 4.98 Å². The third-order valence-electron chi connectivity index (χ3n) is 2.07. The average Bonchev–Trinajstić information content (AvgIpc) is 2.57. The summed E-state index contributed by atoms with van der Waals surface area (Å²) >= 11 is 5.94. The molecule has 0 unspecified atom stereocenters. The number of hydrogen-bond acceptors (Lipinski definition) is 2. The Kier molecular flexibility index (Phi) is 2.61. The summed E-state index contributed by atoms with van der Waals surface area (Å²) in [7, 11) is 0. The molecule has 0 aliphatic rings. The van der Waals surface area contributed by atoms with Crippen molar-refractivity contribution in [2.45, 2.75) is 0 Å². The lowest BCUT2D eigenvalue weighted by Gasteiger charge is -2.03. The number of aromatic amines is 1. The summed E-state index contributed by atoms with van der Waals surface area (Å²) in [6.45, 7) is 0.684. The number of aliphatic hydroxyl groups is 1. The zero-order chi connectivity index (χ0) is 9.97. The maximum Gasteiger partial charge on any atom is 0.0659 e. The lowest BCUT2D eigenvalue weighted by molar-refractivity contribution is 0.311. The van der Waals surface area contributed by atoms with Crippen LogP contribution < -0.4 is 5.32 Å². The second kappa shape index (κ2) is 3.90. The van der Waals surface area contributed by atoms with Crippen molar-refractivity contribution in [2.24, 2.45) is 0 Å². The van der Waals surface area contributed by atoms with E-state index in [9.17, 15) is 0 Å². The van der Waals surface area contributed by atoms with Gasteiger partial charge in [0.1, 0.15) is 0 Å². The number of rotatable bonds is 3. The largest absolute Gasteiger partial charge is 0.395 e. The zero-order valence-corrected chi connectivity index (χ0v) is 8.30. The summed E-state index contributed by atoms with van der Waals surface area (Å²) in [4.78, 5) is 3.07. The van der Waals surface area contributed by atoms with Gasteiger partial charge < -0.3 is 15.4 Å². The van der Waals surface area contributed by atoms with E-state index in [1.807, 2.05) is 18.2 Å². The van der Waals surface area contributed by atoms with Gasteiger partial charge in [-0.05, 0) is 18.2 Å². The predicted molar refractivity (Wildman–Crippen MR) is 58.9 cm³/mol. The molecule has 1 aromatic carbocycles. The fourth-order valence-electron chi connectivity index (χ4n) is 1.40. The van der Waals surface area contributed by atoms with Gasteiger partial charge >= 0.3 is 0 Å². The third kappa shape index (κ3) is 1.69. The maximum atomic E-state index is 8.65. The van der Waals surface area contributed by atoms with E-state index in [0.29, 0.717) is 6.54 Å². The Hall–Kier alpha value is -1.19. The van der Waals surface area contributed by atoms with Crippen molar-refractivity contribution < 1.29 is 5.11 Å². The van der Waals surface area contributed by atoms with Crippen LogP contribution in [0, 0.1) is 0 Å². The molecule has 0 radical (unpaired) electrons. The Morgan fingerprint density at radius 3 is 3.07 bits per heavy atom. The lowest BCUT2D eigenvalue weighted by atomic mass is 10.2. The minimum atomic E-state index is 0.128. The first-order valence-corrected chi connectivity index (χ1v) is 4.80. The molecule has 1 aromatic heterocycles. The van der Waals surface area contributed by atoms with Gasteiger partial charge in [-0.3, -0.25) is 0 Å². The van der Waals surface area contributed by atoms with Crippen molar-refractivity contribution in [2.75, 3.05) is 18.5 Å². The van der Waals surface area contributed by atoms with E-state index in [-0.39, 0.29) is 6.61 Å². The normalized spacial score (nSPS) is 10.7. The van der Waals surface area contributed by atoms with Gasteiger partial charge in [0.25, 0.3) is 0 Å². The van der Waals surface area contributed by atoms with Crippen molar-refractivity contribution in [3.63, 3.8) is 0 Å². The van der Waals surface area contributed by atoms with Crippen LogP contribution in [0.1, 0.15) is 0 Å². The standard InChI is InChI=1S/C10H11ClN2O/c11-9-6-13-10-5-7(12-3-4-14)1-2-8(9)10/h1-2,5-6,12-14H,3-4H2. The number of nitrogens with one attached hydrogen (secondary N) is 2. The molecule has 74 valence electrons. The van der Waals surface area contributed by atoms with E-state index in [0.717, 1.165) is 21.6 Å². The van der Waals surface area contributed by atoms with E-state index < -0.39 is 0 Å². The van der Waals surface area contributed by atoms with E-state index >= 15 is 0 Å². The van der Waals surface area contributed by atoms with E-state index in [1.165, 1.54) is 0 Å². The Labute approximate surface area is 86.7 Å². The van der Waals surface area contributed by atoms with Crippen LogP contribution in [0.2, 0.25) is 5.02 Å². The van der Waals surface area contributed by atoms with Crippen LogP contribution >= 0.6 is 11.6 Å². The maximum absolute atomic E-state index is 8.65. The van der Waals surface area contributed by atoms with Gasteiger partial charge in [0.05, 0.1) is 11.6 Å². The molecule has 1 heterocycles. The number of aliphatic hydroxyl groups excluding tert-OH is 1. The topological polar surface area (TPSA) is 48.0 Å². The minimum Gasteiger partial charge on any atom is -0.395 e. The number of benzene rings is 1. The third-order valence-corrected chi connectivity index (χ3v) is 2.38. The van der Waals surface area contributed by atoms with Crippen molar-refractivity contribution >= 4 is 28.2 Å². The summed E-state index contributed by atoms with van der Waals surface area (Å²) in [5.74, 6) is 0. The summed E-state index contributed by atoms with van der Waals surface area (Å²) in [6, 6.07) is 5.86. The van der Waals surface area contributed by atoms with E-state index in [2.05, 4.69) is 10.3 Å². The highest BCUT2D eigenvalue weighted by Gasteiger charge is 2.01. The van der Waals surface area contributed by atoms with Crippen LogP contribution in [0.4, 0.5) is 5.69 Å². The second-order valence-electron chi connectivity index (χ2n) is 3.05. The van der Waals surface area contributed by atoms with Gasteiger partial charge in [-0.25, -0.2) is 0 Å². The molecule has 3 nitrogen and oxygen atoms in total. The SMILES string of the molecule is OCCNc1ccc2c(Cl)c[nH]c2c1. The van der Waals surface area contributed by atoms with Crippen LogP contribution in [-0.2, 0) is 0 Å². The molecule has 0 saturated carbocycles. The fourth-order valence-corrected chi connectivity index (χ4v) is 1.62. The minimum absolute atomic E-state index is 0.128. The van der Waals surface area contributed by atoms with E-state index in [1.54, 1.807) is 6.20 Å². The highest BCUT2D eigenvalue weighted by molar-refractivity contribution is 6.35. The molecule has 0 amide bonds. The molecular weight excluding hydrogens is 200 g/mol. The summed E-state index contributed by atoms with van der Waals surface area (Å²) in [5.41, 5.74) is 1.98. The van der Waals surface area contributed by atoms with Crippen molar-refractivity contribution in [3.8, 4) is 0 Å². The molecule has 2 rings (SSSR count). The Balaban J connectivity index is 2.32. The first kappa shape index (κ1) is 9.37. The number of hydrogen-bond donors (Lipinski definition) is 3. The number of halogens is 1. The van der Waals surface area contributed by atoms with Gasteiger partial charge in [-0.2, -0.15) is 0 Å². The van der Waals surface area contributed by atoms with Gasteiger partial charge in [0, 0.05) is 29.3 Å². The van der Waals surface area contributed by atoms with Gasteiger partial charge in [-0.1, -0.05) is 11.6 Å². The highest BCUT2D eigenvalue weighted by Crippen LogP contribution is 2.25. The van der Waals surface area contributed by atoms with Crippen LogP contribution in [0.3, 0.4) is 0 Å². The van der Waals surface area contributed by atoms with Crippen molar-refractivity contribution in [1.29, 1.82) is 0 Å². The predicted octanol–water partition coefficient (Wildman–Crippen LogP) is 2.23. The highest BCUT2D eigenvalue weighted by atomic mass is 35.5. The molecule has 0 aliphatic heterocycles. The van der Waals surface area contributed by atoms with Crippen LogP contribution in [-0.4, -0.2) is 23.2 Å². The molecular formula is C10H11ClN2O. The quantitative estimate of drug-likeness (QED) is 0.728. The molecule has 4 heteroatoms. The number of anilines is 1. The van der Waals surface area contributed by atoms with Gasteiger partial charge in [-0.15, -0.1) is 0 Å². The molecule has 0 bridgehead atoms. The van der Waals surface area contributed by atoms with Crippen molar-refractivity contribution in [3.05, 3.63) is 29.4 Å². The summed E-state index contributed by atoms with van der Waals surface area (Å²) < 4.78 is 0. The molecule has 0 saturated heterocycles. The first-order valence-electron chi connectivity index (χ1n) is 4.42. The summed E-state index contributed by atoms with van der Waals surface area (Å²) in [6.07, 6.45) is 1.77. The molecule has 0 atom stereocenters. The number of H-pyrrole nitrogens is 1. The Morgan fingerprint density at radius 2 is 2.29 bits per heavy atom. The van der Waals surface area contributed by atoms with Crippen LogP contribution in [0.25, 0.3) is 10.9 Å². The molecule has 0 fully saturated rings. The molecule has 0 aliphatic carbocycles. The molecule has 2 aromatic rings. The Morgan fingerprint density at radius 1 is 1.43 bits per heavy atom. The average molecular weight is 211 g/mol. The molecule has 3 N–H and O–H groups in total. The molecule has 0 spiro atoms. The fraction of sp³-hybridized carbons (Fsp3) is 0.200. The Bertz CT molecular complexity index is 439. The van der Waals surface area contributed by atoms with Gasteiger partial charge in [0.2, 0.25) is 0 Å². The number of fused-ring (bicyclic) bond motifs is 1. The smallest absolute Gasteiger partial charge is 0.0659 e. The second-order valence-corrected chi connectivity index (χ2v) is 3.45. The van der Waals surface area contributed by atoms with Crippen LogP contribution in [0.15, 0.2) is 24.4 Å². The monoisotopic (exact) mass is 210 g/mol. The zero-order valence-electron chi connectivity index (χ0n) is 7.55. The number of aromatic nitrogens is 1. The van der Waals surface area contributed by atoms with Crippen LogP contribution in [0.5, 0.6) is 0 Å². The summed E-state index contributed by atoms with van der Waals surface area (Å²) in [5, 5.41) is 13.5. The van der Waals surface area contributed by atoms with Gasteiger partial charge in [0.15, 0.2) is 0 Å². The molecule has 14 heavy (non-hydrogen) atoms. The van der Waals surface area contributed by atoms with E-state index in [4.69, 9.17) is 16.7 Å². The first-order chi connectivity index (χ1) is 6.81. The lowest BCUT2D eigenvalue weighted by Crippen LogP contribution is -2.04.